The standard InChI is InChI=1S/C10H10N2O3/c1-10(15,9(13)14)6-2-3-7-8(4-6)12-5-11-7/h2-5,15H,1H3,(H,11,12)(H,13,14). The van der Waals surface area contributed by atoms with Crippen LogP contribution in [0.4, 0.5) is 0 Å². The van der Waals surface area contributed by atoms with Crippen LogP contribution < -0.4 is 0 Å². The minimum atomic E-state index is -1.88. The fraction of sp³-hybridized carbons (Fsp3) is 0.200. The second-order valence-corrected chi connectivity index (χ2v) is 3.51. The van der Waals surface area contributed by atoms with Crippen molar-refractivity contribution in [3.8, 4) is 0 Å². The summed E-state index contributed by atoms with van der Waals surface area (Å²) in [7, 11) is 0. The van der Waals surface area contributed by atoms with Gasteiger partial charge in [0, 0.05) is 0 Å². The number of aliphatic hydroxyl groups is 1. The van der Waals surface area contributed by atoms with Crippen LogP contribution in [0.2, 0.25) is 0 Å². The lowest BCUT2D eigenvalue weighted by Crippen LogP contribution is -2.31. The molecule has 15 heavy (non-hydrogen) atoms. The number of carboxylic acid groups (broad SMARTS) is 1. The van der Waals surface area contributed by atoms with Gasteiger partial charge in [0.05, 0.1) is 17.4 Å². The average molecular weight is 206 g/mol. The number of hydrogen-bond donors (Lipinski definition) is 3. The van der Waals surface area contributed by atoms with Gasteiger partial charge in [-0.15, -0.1) is 0 Å². The van der Waals surface area contributed by atoms with Crippen molar-refractivity contribution in [2.24, 2.45) is 0 Å². The van der Waals surface area contributed by atoms with Crippen LogP contribution in [0.3, 0.4) is 0 Å². The number of aromatic nitrogens is 2. The van der Waals surface area contributed by atoms with Crippen molar-refractivity contribution >= 4 is 17.0 Å². The van der Waals surface area contributed by atoms with E-state index < -0.39 is 11.6 Å². The van der Waals surface area contributed by atoms with Crippen LogP contribution in [0.5, 0.6) is 0 Å². The molecular formula is C10H10N2O3. The Labute approximate surface area is 85.4 Å². The largest absolute Gasteiger partial charge is 0.479 e. The highest BCUT2D eigenvalue weighted by molar-refractivity contribution is 5.82. The lowest BCUT2D eigenvalue weighted by molar-refractivity contribution is -0.157. The first-order valence-corrected chi connectivity index (χ1v) is 4.41. The summed E-state index contributed by atoms with van der Waals surface area (Å²) in [5.41, 5.74) is -0.111. The van der Waals surface area contributed by atoms with Gasteiger partial charge < -0.3 is 15.2 Å². The van der Waals surface area contributed by atoms with Gasteiger partial charge in [-0.25, -0.2) is 9.78 Å². The minimum Gasteiger partial charge on any atom is -0.479 e. The molecule has 0 aliphatic heterocycles. The van der Waals surface area contributed by atoms with Gasteiger partial charge >= 0.3 is 5.97 Å². The van der Waals surface area contributed by atoms with E-state index in [1.165, 1.54) is 13.3 Å². The predicted molar refractivity (Wildman–Crippen MR) is 53.3 cm³/mol. The number of aromatic amines is 1. The highest BCUT2D eigenvalue weighted by Gasteiger charge is 2.32. The number of H-pyrrole nitrogens is 1. The summed E-state index contributed by atoms with van der Waals surface area (Å²) in [6, 6.07) is 4.80. The van der Waals surface area contributed by atoms with Crippen molar-refractivity contribution in [2.75, 3.05) is 0 Å². The maximum Gasteiger partial charge on any atom is 0.340 e. The molecule has 0 saturated carbocycles. The van der Waals surface area contributed by atoms with Gasteiger partial charge in [-0.2, -0.15) is 0 Å². The Balaban J connectivity index is 2.57. The quantitative estimate of drug-likeness (QED) is 0.680. The number of carbonyl (C=O) groups is 1. The molecule has 0 aliphatic carbocycles. The zero-order valence-corrected chi connectivity index (χ0v) is 8.06. The molecule has 1 unspecified atom stereocenters. The summed E-state index contributed by atoms with van der Waals surface area (Å²) in [4.78, 5) is 17.7. The van der Waals surface area contributed by atoms with E-state index in [9.17, 15) is 9.90 Å². The lowest BCUT2D eigenvalue weighted by atomic mass is 9.96. The third-order valence-corrected chi connectivity index (χ3v) is 2.40. The van der Waals surface area contributed by atoms with Crippen molar-refractivity contribution in [3.05, 3.63) is 30.1 Å². The Morgan fingerprint density at radius 3 is 2.93 bits per heavy atom. The first-order chi connectivity index (χ1) is 7.01. The topological polar surface area (TPSA) is 86.2 Å². The summed E-state index contributed by atoms with van der Waals surface area (Å²) in [5.74, 6) is -1.28. The molecule has 1 aromatic carbocycles. The SMILES string of the molecule is CC(O)(C(=O)O)c1ccc2nc[nH]c2c1. The second kappa shape index (κ2) is 3.06. The lowest BCUT2D eigenvalue weighted by Gasteiger charge is -2.17. The molecule has 5 heteroatoms. The van der Waals surface area contributed by atoms with E-state index in [0.717, 1.165) is 5.52 Å². The molecule has 5 nitrogen and oxygen atoms in total. The first-order valence-electron chi connectivity index (χ1n) is 4.41. The number of benzene rings is 1. The van der Waals surface area contributed by atoms with E-state index in [0.29, 0.717) is 11.1 Å². The second-order valence-electron chi connectivity index (χ2n) is 3.51. The fourth-order valence-electron chi connectivity index (χ4n) is 1.36. The van der Waals surface area contributed by atoms with Gasteiger partial charge in [0.1, 0.15) is 0 Å². The van der Waals surface area contributed by atoms with Crippen LogP contribution in [0.15, 0.2) is 24.5 Å². The Morgan fingerprint density at radius 2 is 2.27 bits per heavy atom. The third kappa shape index (κ3) is 1.46. The van der Waals surface area contributed by atoms with E-state index in [1.807, 2.05) is 0 Å². The van der Waals surface area contributed by atoms with E-state index in [2.05, 4.69) is 9.97 Å². The maximum absolute atomic E-state index is 10.8. The molecule has 0 bridgehead atoms. The summed E-state index contributed by atoms with van der Waals surface area (Å²) in [6.45, 7) is 1.24. The smallest absolute Gasteiger partial charge is 0.340 e. The van der Waals surface area contributed by atoms with Gasteiger partial charge in [0.15, 0.2) is 5.60 Å². The summed E-state index contributed by atoms with van der Waals surface area (Å²) < 4.78 is 0. The number of nitrogens with one attached hydrogen (secondary N) is 1. The van der Waals surface area contributed by atoms with E-state index in [-0.39, 0.29) is 0 Å². The summed E-state index contributed by atoms with van der Waals surface area (Å²) >= 11 is 0. The van der Waals surface area contributed by atoms with Crippen molar-refractivity contribution in [3.63, 3.8) is 0 Å². The number of hydrogen-bond acceptors (Lipinski definition) is 3. The first kappa shape index (κ1) is 9.67. The van der Waals surface area contributed by atoms with Gasteiger partial charge in [-0.3, -0.25) is 0 Å². The van der Waals surface area contributed by atoms with Crippen LogP contribution in [-0.2, 0) is 10.4 Å². The average Bonchev–Trinajstić information content (AvgIpc) is 2.63. The van der Waals surface area contributed by atoms with Gasteiger partial charge in [-0.05, 0) is 24.6 Å². The molecular weight excluding hydrogens is 196 g/mol. The Bertz CT molecular complexity index is 516. The minimum absolute atomic E-state index is 0.326. The molecule has 0 radical (unpaired) electrons. The zero-order chi connectivity index (χ0) is 11.1. The predicted octanol–water partition coefficient (Wildman–Crippen LogP) is 0.855. The number of rotatable bonds is 2. The van der Waals surface area contributed by atoms with Crippen molar-refractivity contribution in [1.29, 1.82) is 0 Å². The molecule has 0 amide bonds. The molecule has 2 rings (SSSR count). The maximum atomic E-state index is 10.8. The molecule has 1 heterocycles. The van der Waals surface area contributed by atoms with Gasteiger partial charge in [0.2, 0.25) is 0 Å². The fourth-order valence-corrected chi connectivity index (χ4v) is 1.36. The number of aliphatic carboxylic acids is 1. The molecule has 0 fully saturated rings. The summed E-state index contributed by atoms with van der Waals surface area (Å²) in [5, 5.41) is 18.6. The zero-order valence-electron chi connectivity index (χ0n) is 8.06. The van der Waals surface area contributed by atoms with Crippen molar-refractivity contribution in [1.82, 2.24) is 9.97 Å². The van der Waals surface area contributed by atoms with Crippen LogP contribution in [-0.4, -0.2) is 26.2 Å². The monoisotopic (exact) mass is 206 g/mol. The number of carboxylic acids is 1. The number of imidazole rings is 1. The van der Waals surface area contributed by atoms with Crippen LogP contribution in [0, 0.1) is 0 Å². The molecule has 0 saturated heterocycles. The number of fused-ring (bicyclic) bond motifs is 1. The molecule has 78 valence electrons. The van der Waals surface area contributed by atoms with E-state index >= 15 is 0 Å². The molecule has 1 atom stereocenters. The van der Waals surface area contributed by atoms with Crippen molar-refractivity contribution in [2.45, 2.75) is 12.5 Å². The van der Waals surface area contributed by atoms with Crippen LogP contribution in [0.1, 0.15) is 12.5 Å². The van der Waals surface area contributed by atoms with Crippen LogP contribution >= 0.6 is 0 Å². The molecule has 3 N–H and O–H groups in total. The van der Waals surface area contributed by atoms with Gasteiger partial charge in [-0.1, -0.05) is 6.07 Å². The van der Waals surface area contributed by atoms with Crippen LogP contribution in [0.25, 0.3) is 11.0 Å². The normalized spacial score (nSPS) is 15.1. The van der Waals surface area contributed by atoms with Gasteiger partial charge in [0.25, 0.3) is 0 Å². The Kier molecular flexibility index (Phi) is 1.97. The van der Waals surface area contributed by atoms with Crippen molar-refractivity contribution < 1.29 is 15.0 Å². The van der Waals surface area contributed by atoms with E-state index in [4.69, 9.17) is 5.11 Å². The summed E-state index contributed by atoms with van der Waals surface area (Å²) in [6.07, 6.45) is 1.52. The Hall–Kier alpha value is -1.88. The molecule has 0 aliphatic rings. The highest BCUT2D eigenvalue weighted by Crippen LogP contribution is 2.23. The molecule has 0 spiro atoms. The molecule has 2 aromatic rings. The number of nitrogens with zero attached hydrogens (tertiary/aromatic N) is 1. The molecule has 1 aromatic heterocycles. The Morgan fingerprint density at radius 1 is 1.53 bits per heavy atom. The highest BCUT2D eigenvalue weighted by atomic mass is 16.4. The van der Waals surface area contributed by atoms with E-state index in [1.54, 1.807) is 18.2 Å². The third-order valence-electron chi connectivity index (χ3n) is 2.40.